The largest absolute Gasteiger partial charge is 0.469 e. The lowest BCUT2D eigenvalue weighted by atomic mass is 10.2. The Morgan fingerprint density at radius 1 is 1.43 bits per heavy atom. The van der Waals surface area contributed by atoms with Crippen molar-refractivity contribution in [1.29, 1.82) is 0 Å². The Morgan fingerprint density at radius 3 is 2.67 bits per heavy atom. The van der Waals surface area contributed by atoms with Crippen molar-refractivity contribution in [3.05, 3.63) is 17.3 Å². The van der Waals surface area contributed by atoms with Gasteiger partial charge in [0.2, 0.25) is 5.89 Å². The first kappa shape index (κ1) is 17.0. The zero-order valence-corrected chi connectivity index (χ0v) is 13.3. The summed E-state index contributed by atoms with van der Waals surface area (Å²) in [4.78, 5) is 20.0. The van der Waals surface area contributed by atoms with Crippen LogP contribution in [0.1, 0.15) is 31.2 Å². The molecule has 0 aliphatic rings. The molecule has 0 radical (unpaired) electrons. The maximum absolute atomic E-state index is 11.4. The van der Waals surface area contributed by atoms with Gasteiger partial charge in [0, 0.05) is 13.1 Å². The van der Waals surface area contributed by atoms with E-state index in [1.165, 1.54) is 7.11 Å². The SMILES string of the molecule is CCNC(=NCc1nc(C)c(C)o1)NCC(C)C(=O)OC. The average Bonchev–Trinajstić information content (AvgIpc) is 2.79. The predicted molar refractivity (Wildman–Crippen MR) is 80.0 cm³/mol. The van der Waals surface area contributed by atoms with Crippen LogP contribution in [0, 0.1) is 19.8 Å². The maximum atomic E-state index is 11.4. The number of hydrogen-bond donors (Lipinski definition) is 2. The molecule has 7 heteroatoms. The van der Waals surface area contributed by atoms with Crippen LogP contribution in [-0.2, 0) is 16.1 Å². The molecule has 0 saturated heterocycles. The van der Waals surface area contributed by atoms with Gasteiger partial charge in [-0.3, -0.25) is 4.79 Å². The van der Waals surface area contributed by atoms with Gasteiger partial charge in [-0.05, 0) is 20.8 Å². The summed E-state index contributed by atoms with van der Waals surface area (Å²) in [6.45, 7) is 9.05. The highest BCUT2D eigenvalue weighted by atomic mass is 16.5. The number of carbonyl (C=O) groups is 1. The van der Waals surface area contributed by atoms with Crippen LogP contribution in [0.4, 0.5) is 0 Å². The quantitative estimate of drug-likeness (QED) is 0.465. The van der Waals surface area contributed by atoms with Crippen molar-refractivity contribution < 1.29 is 13.9 Å². The summed E-state index contributed by atoms with van der Waals surface area (Å²) in [5.41, 5.74) is 0.873. The Hall–Kier alpha value is -2.05. The van der Waals surface area contributed by atoms with Gasteiger partial charge in [0.25, 0.3) is 0 Å². The zero-order valence-electron chi connectivity index (χ0n) is 13.3. The Kier molecular flexibility index (Phi) is 6.71. The molecule has 118 valence electrons. The second-order valence-corrected chi connectivity index (χ2v) is 4.75. The predicted octanol–water partition coefficient (Wildman–Crippen LogP) is 1.16. The molecule has 1 atom stereocenters. The van der Waals surface area contributed by atoms with Crippen LogP contribution in [-0.4, -0.2) is 37.1 Å². The fourth-order valence-electron chi connectivity index (χ4n) is 1.63. The number of guanidine groups is 1. The van der Waals surface area contributed by atoms with Gasteiger partial charge in [0.15, 0.2) is 5.96 Å². The standard InChI is InChI=1S/C14H24N4O3/c1-6-15-14(16-7-9(2)13(19)20-5)17-8-12-18-10(3)11(4)21-12/h9H,6-8H2,1-5H3,(H2,15,16,17). The van der Waals surface area contributed by atoms with Gasteiger partial charge in [0.1, 0.15) is 12.3 Å². The molecular formula is C14H24N4O3. The van der Waals surface area contributed by atoms with Gasteiger partial charge in [-0.25, -0.2) is 9.98 Å². The van der Waals surface area contributed by atoms with Crippen molar-refractivity contribution >= 4 is 11.9 Å². The third kappa shape index (κ3) is 5.45. The van der Waals surface area contributed by atoms with Crippen molar-refractivity contribution in [3.8, 4) is 0 Å². The number of esters is 1. The number of ether oxygens (including phenoxy) is 1. The summed E-state index contributed by atoms with van der Waals surface area (Å²) in [7, 11) is 1.38. The third-order valence-electron chi connectivity index (χ3n) is 2.97. The molecule has 1 heterocycles. The van der Waals surface area contributed by atoms with Crippen LogP contribution < -0.4 is 10.6 Å². The van der Waals surface area contributed by atoms with Gasteiger partial charge < -0.3 is 19.8 Å². The third-order valence-corrected chi connectivity index (χ3v) is 2.97. The van der Waals surface area contributed by atoms with Gasteiger partial charge in [-0.1, -0.05) is 6.92 Å². The van der Waals surface area contributed by atoms with Crippen LogP contribution in [0.3, 0.4) is 0 Å². The molecule has 0 spiro atoms. The number of nitrogens with one attached hydrogen (secondary N) is 2. The minimum absolute atomic E-state index is 0.245. The van der Waals surface area contributed by atoms with E-state index in [0.717, 1.165) is 18.0 Å². The monoisotopic (exact) mass is 296 g/mol. The Morgan fingerprint density at radius 2 is 2.14 bits per heavy atom. The highest BCUT2D eigenvalue weighted by Crippen LogP contribution is 2.08. The van der Waals surface area contributed by atoms with Crippen LogP contribution in [0.2, 0.25) is 0 Å². The van der Waals surface area contributed by atoms with E-state index in [4.69, 9.17) is 4.42 Å². The lowest BCUT2D eigenvalue weighted by Gasteiger charge is -2.14. The highest BCUT2D eigenvalue weighted by Gasteiger charge is 2.13. The lowest BCUT2D eigenvalue weighted by molar-refractivity contribution is -0.144. The summed E-state index contributed by atoms with van der Waals surface area (Å²) in [5.74, 6) is 1.49. The smallest absolute Gasteiger partial charge is 0.310 e. The molecule has 0 aliphatic heterocycles. The van der Waals surface area contributed by atoms with Gasteiger partial charge in [-0.2, -0.15) is 0 Å². The molecule has 1 unspecified atom stereocenters. The molecule has 21 heavy (non-hydrogen) atoms. The first-order valence-corrected chi connectivity index (χ1v) is 7.00. The second kappa shape index (κ2) is 8.28. The van der Waals surface area contributed by atoms with Crippen LogP contribution in [0.5, 0.6) is 0 Å². The summed E-state index contributed by atoms with van der Waals surface area (Å²) >= 11 is 0. The number of hydrogen-bond acceptors (Lipinski definition) is 5. The number of methoxy groups -OCH3 is 1. The normalized spacial score (nSPS) is 12.9. The molecule has 0 amide bonds. The number of aryl methyl sites for hydroxylation is 2. The molecule has 0 bridgehead atoms. The zero-order chi connectivity index (χ0) is 15.8. The van der Waals surface area contributed by atoms with E-state index in [1.54, 1.807) is 6.92 Å². The second-order valence-electron chi connectivity index (χ2n) is 4.75. The highest BCUT2D eigenvalue weighted by molar-refractivity contribution is 5.80. The summed E-state index contributed by atoms with van der Waals surface area (Å²) < 4.78 is 10.2. The molecule has 0 aromatic carbocycles. The molecule has 1 aromatic rings. The van der Waals surface area contributed by atoms with Crippen molar-refractivity contribution in [3.63, 3.8) is 0 Å². The van der Waals surface area contributed by atoms with Crippen molar-refractivity contribution in [2.75, 3.05) is 20.2 Å². The molecular weight excluding hydrogens is 272 g/mol. The molecule has 0 saturated carbocycles. The van der Waals surface area contributed by atoms with Gasteiger partial charge in [0.05, 0.1) is 18.7 Å². The molecule has 0 fully saturated rings. The average molecular weight is 296 g/mol. The first-order chi connectivity index (χ1) is 9.97. The van der Waals surface area contributed by atoms with Crippen molar-refractivity contribution in [2.45, 2.75) is 34.2 Å². The molecule has 2 N–H and O–H groups in total. The van der Waals surface area contributed by atoms with E-state index < -0.39 is 0 Å². The minimum Gasteiger partial charge on any atom is -0.469 e. The Bertz CT molecular complexity index is 477. The van der Waals surface area contributed by atoms with E-state index in [9.17, 15) is 4.79 Å². The van der Waals surface area contributed by atoms with E-state index in [1.807, 2.05) is 20.8 Å². The lowest BCUT2D eigenvalue weighted by Crippen LogP contribution is -2.40. The topological polar surface area (TPSA) is 88.8 Å². The summed E-state index contributed by atoms with van der Waals surface area (Å²) in [6, 6.07) is 0. The number of rotatable bonds is 6. The van der Waals surface area contributed by atoms with Crippen LogP contribution in [0.25, 0.3) is 0 Å². The van der Waals surface area contributed by atoms with Crippen LogP contribution in [0.15, 0.2) is 9.41 Å². The summed E-state index contributed by atoms with van der Waals surface area (Å²) in [6.07, 6.45) is 0. The van der Waals surface area contributed by atoms with Crippen LogP contribution >= 0.6 is 0 Å². The number of oxazole rings is 1. The van der Waals surface area contributed by atoms with Crippen molar-refractivity contribution in [1.82, 2.24) is 15.6 Å². The first-order valence-electron chi connectivity index (χ1n) is 7.00. The van der Waals surface area contributed by atoms with Gasteiger partial charge in [-0.15, -0.1) is 0 Å². The Balaban J connectivity index is 2.59. The van der Waals surface area contributed by atoms with Crippen molar-refractivity contribution in [2.24, 2.45) is 10.9 Å². The van der Waals surface area contributed by atoms with E-state index in [-0.39, 0.29) is 11.9 Å². The van der Waals surface area contributed by atoms with E-state index >= 15 is 0 Å². The number of aromatic nitrogens is 1. The fraction of sp³-hybridized carbons (Fsp3) is 0.643. The molecule has 1 aromatic heterocycles. The van der Waals surface area contributed by atoms with E-state index in [0.29, 0.717) is 24.9 Å². The van der Waals surface area contributed by atoms with E-state index in [2.05, 4.69) is 25.3 Å². The van der Waals surface area contributed by atoms with Gasteiger partial charge >= 0.3 is 5.97 Å². The Labute approximate surface area is 125 Å². The number of nitrogens with zero attached hydrogens (tertiary/aromatic N) is 2. The maximum Gasteiger partial charge on any atom is 0.310 e. The fourth-order valence-corrected chi connectivity index (χ4v) is 1.63. The molecule has 1 rings (SSSR count). The minimum atomic E-state index is -0.253. The number of carbonyl (C=O) groups excluding carboxylic acids is 1. The summed E-state index contributed by atoms with van der Waals surface area (Å²) in [5, 5.41) is 6.20. The molecule has 7 nitrogen and oxygen atoms in total. The molecule has 0 aliphatic carbocycles. The number of aliphatic imine (C=N–C) groups is 1.